The monoisotopic (exact) mass is 483 g/mol. The lowest BCUT2D eigenvalue weighted by Gasteiger charge is -2.39. The lowest BCUT2D eigenvalue weighted by Crippen LogP contribution is -2.46. The summed E-state index contributed by atoms with van der Waals surface area (Å²) >= 11 is 0. The van der Waals surface area contributed by atoms with Gasteiger partial charge in [0.2, 0.25) is 5.91 Å². The number of fused-ring (bicyclic) bond motifs is 3. The second-order valence-corrected chi connectivity index (χ2v) is 10.6. The van der Waals surface area contributed by atoms with Gasteiger partial charge < -0.3 is 14.8 Å². The van der Waals surface area contributed by atoms with E-state index in [1.54, 1.807) is 29.2 Å². The number of rotatable bonds is 4. The number of carbonyl (C=O) groups is 3. The molecule has 36 heavy (non-hydrogen) atoms. The highest BCUT2D eigenvalue weighted by atomic mass is 16.2. The highest BCUT2D eigenvalue weighted by Crippen LogP contribution is 2.44. The van der Waals surface area contributed by atoms with Crippen molar-refractivity contribution in [3.8, 4) is 0 Å². The number of Topliss-reactive ketones (excluding diaryl/α,β-unsaturated/α-hetero) is 1. The summed E-state index contributed by atoms with van der Waals surface area (Å²) in [5.41, 5.74) is 5.94. The Balaban J connectivity index is 1.34. The summed E-state index contributed by atoms with van der Waals surface area (Å²) in [6, 6.07) is 13.7. The van der Waals surface area contributed by atoms with Crippen LogP contribution in [0.5, 0.6) is 0 Å². The number of nitrogens with zero attached hydrogens (tertiary/aromatic N) is 2. The van der Waals surface area contributed by atoms with E-state index >= 15 is 0 Å². The van der Waals surface area contributed by atoms with Gasteiger partial charge in [-0.1, -0.05) is 37.5 Å². The van der Waals surface area contributed by atoms with Crippen molar-refractivity contribution in [3.63, 3.8) is 0 Å². The van der Waals surface area contributed by atoms with Gasteiger partial charge in [-0.05, 0) is 73.4 Å². The van der Waals surface area contributed by atoms with Crippen molar-refractivity contribution in [2.75, 3.05) is 11.9 Å². The number of nitrogens with one attached hydrogen (secondary N) is 1. The van der Waals surface area contributed by atoms with E-state index in [1.807, 2.05) is 0 Å². The molecule has 1 aromatic heterocycles. The number of para-hydroxylation sites is 1. The lowest BCUT2D eigenvalue weighted by atomic mass is 9.83. The summed E-state index contributed by atoms with van der Waals surface area (Å²) in [7, 11) is 0. The third-order valence-corrected chi connectivity index (χ3v) is 8.41. The molecular weight excluding hydrogens is 450 g/mol. The second-order valence-electron chi connectivity index (χ2n) is 10.6. The number of hydrogen-bond acceptors (Lipinski definition) is 3. The van der Waals surface area contributed by atoms with Crippen molar-refractivity contribution in [2.45, 2.75) is 76.8 Å². The van der Waals surface area contributed by atoms with Crippen LogP contribution in [0.2, 0.25) is 0 Å². The highest BCUT2D eigenvalue weighted by Gasteiger charge is 2.39. The molecule has 1 saturated carbocycles. The Labute approximate surface area is 211 Å². The minimum atomic E-state index is -0.560. The van der Waals surface area contributed by atoms with Crippen molar-refractivity contribution in [2.24, 2.45) is 0 Å². The molecule has 2 aliphatic carbocycles. The third kappa shape index (κ3) is 3.83. The maximum atomic E-state index is 13.6. The van der Waals surface area contributed by atoms with Gasteiger partial charge in [0.1, 0.15) is 0 Å². The predicted octanol–water partition coefficient (Wildman–Crippen LogP) is 5.75. The molecule has 2 amide bonds. The number of benzene rings is 2. The summed E-state index contributed by atoms with van der Waals surface area (Å²) < 4.78 is 2.40. The van der Waals surface area contributed by atoms with E-state index in [2.05, 4.69) is 28.1 Å². The van der Waals surface area contributed by atoms with E-state index in [1.165, 1.54) is 66.8 Å². The van der Waals surface area contributed by atoms with E-state index in [0.29, 0.717) is 24.7 Å². The maximum Gasteiger partial charge on any atom is 0.295 e. The summed E-state index contributed by atoms with van der Waals surface area (Å²) in [6.45, 7) is 2.60. The number of amides is 2. The van der Waals surface area contributed by atoms with Gasteiger partial charge in [0, 0.05) is 36.6 Å². The fourth-order valence-corrected chi connectivity index (χ4v) is 6.78. The zero-order chi connectivity index (χ0) is 24.8. The Morgan fingerprint density at radius 2 is 1.72 bits per heavy atom. The predicted molar refractivity (Wildman–Crippen MR) is 140 cm³/mol. The molecule has 1 atom stereocenters. The number of carbonyl (C=O) groups excluding carboxylic acids is 3. The normalized spacial score (nSPS) is 19.7. The number of anilines is 1. The molecule has 0 unspecified atom stereocenters. The van der Waals surface area contributed by atoms with Crippen LogP contribution in [0.15, 0.2) is 42.5 Å². The van der Waals surface area contributed by atoms with Crippen LogP contribution in [0, 0.1) is 0 Å². The summed E-state index contributed by atoms with van der Waals surface area (Å²) in [5, 5.41) is 4.03. The van der Waals surface area contributed by atoms with Crippen molar-refractivity contribution in [3.05, 3.63) is 64.8 Å². The molecule has 6 heteroatoms. The fourth-order valence-electron chi connectivity index (χ4n) is 6.78. The van der Waals surface area contributed by atoms with Crippen LogP contribution < -0.4 is 5.32 Å². The molecule has 3 aliphatic rings. The maximum absolute atomic E-state index is 13.6. The first kappa shape index (κ1) is 23.0. The van der Waals surface area contributed by atoms with Crippen molar-refractivity contribution in [1.82, 2.24) is 9.47 Å². The number of aryl methyl sites for hydroxylation is 1. The first-order chi connectivity index (χ1) is 17.5. The van der Waals surface area contributed by atoms with E-state index in [9.17, 15) is 14.4 Å². The average molecular weight is 484 g/mol. The van der Waals surface area contributed by atoms with Gasteiger partial charge in [0.25, 0.3) is 11.7 Å². The van der Waals surface area contributed by atoms with E-state index in [-0.39, 0.29) is 17.5 Å². The fraction of sp³-hybridized carbons (Fsp3) is 0.433. The Morgan fingerprint density at radius 1 is 0.917 bits per heavy atom. The highest BCUT2D eigenvalue weighted by molar-refractivity contribution is 6.44. The minimum absolute atomic E-state index is 0.0857. The van der Waals surface area contributed by atoms with Crippen LogP contribution in [0.1, 0.15) is 91.0 Å². The number of hydrogen-bond donors (Lipinski definition) is 1. The van der Waals surface area contributed by atoms with Gasteiger partial charge in [-0.3, -0.25) is 14.4 Å². The summed E-state index contributed by atoms with van der Waals surface area (Å²) in [4.78, 5) is 40.4. The van der Waals surface area contributed by atoms with Crippen molar-refractivity contribution in [1.29, 1.82) is 0 Å². The van der Waals surface area contributed by atoms with Gasteiger partial charge in [-0.15, -0.1) is 0 Å². The Bertz CT molecular complexity index is 1370. The van der Waals surface area contributed by atoms with Crippen LogP contribution in [0.4, 0.5) is 5.69 Å². The minimum Gasteiger partial charge on any atom is -0.341 e. The van der Waals surface area contributed by atoms with Gasteiger partial charge in [-0.25, -0.2) is 0 Å². The van der Waals surface area contributed by atoms with Crippen LogP contribution in [-0.2, 0) is 22.6 Å². The smallest absolute Gasteiger partial charge is 0.295 e. The summed E-state index contributed by atoms with van der Waals surface area (Å²) in [5.74, 6) is -0.651. The molecule has 0 bridgehead atoms. The van der Waals surface area contributed by atoms with Gasteiger partial charge in [-0.2, -0.15) is 0 Å². The van der Waals surface area contributed by atoms with Gasteiger partial charge in [0.15, 0.2) is 0 Å². The van der Waals surface area contributed by atoms with Crippen LogP contribution in [0.3, 0.4) is 0 Å². The largest absolute Gasteiger partial charge is 0.341 e. The molecule has 0 saturated heterocycles. The first-order valence-electron chi connectivity index (χ1n) is 13.4. The van der Waals surface area contributed by atoms with Gasteiger partial charge >= 0.3 is 0 Å². The average Bonchev–Trinajstić information content (AvgIpc) is 3.23. The molecule has 186 valence electrons. The molecule has 6 rings (SSSR count). The van der Waals surface area contributed by atoms with Gasteiger partial charge in [0.05, 0.1) is 17.3 Å². The zero-order valence-electron chi connectivity index (χ0n) is 20.9. The molecule has 2 heterocycles. The second kappa shape index (κ2) is 9.23. The number of ketones is 1. The molecule has 3 aromatic rings. The van der Waals surface area contributed by atoms with Crippen molar-refractivity contribution >= 4 is 34.2 Å². The molecule has 0 spiro atoms. The van der Waals surface area contributed by atoms with Crippen molar-refractivity contribution < 1.29 is 14.4 Å². The Kier molecular flexibility index (Phi) is 5.90. The Hall–Kier alpha value is -3.41. The zero-order valence-corrected chi connectivity index (χ0v) is 20.9. The van der Waals surface area contributed by atoms with E-state index in [4.69, 9.17) is 0 Å². The third-order valence-electron chi connectivity index (χ3n) is 8.41. The molecular formula is C30H33N3O3. The standard InChI is InChI=1S/C30H33N3O3/c1-19(34)31-25-12-6-5-10-23(25)29(35)30(36)33-17-16-32-26-15-14-21(20-8-3-2-4-9-20)18-24(26)22-11-7-13-27(33)28(22)32/h5-6,10,12,14-15,18,20,27H,2-4,7-9,11,13,16-17H2,1H3,(H,31,34)/t27-/m0/s1. The molecule has 1 N–H and O–H groups in total. The lowest BCUT2D eigenvalue weighted by molar-refractivity contribution is -0.130. The summed E-state index contributed by atoms with van der Waals surface area (Å²) in [6.07, 6.45) is 9.44. The quantitative estimate of drug-likeness (QED) is 0.379. The SMILES string of the molecule is CC(=O)Nc1ccccc1C(=O)C(=O)N1CCn2c3c(c4cc(C5CCCCC5)ccc42)CCC[C@@H]31. The van der Waals surface area contributed by atoms with E-state index < -0.39 is 11.7 Å². The number of aromatic nitrogens is 1. The molecule has 6 nitrogen and oxygen atoms in total. The van der Waals surface area contributed by atoms with Crippen LogP contribution in [-0.4, -0.2) is 33.6 Å². The van der Waals surface area contributed by atoms with Crippen LogP contribution in [0.25, 0.3) is 10.9 Å². The molecule has 0 radical (unpaired) electrons. The molecule has 2 aromatic carbocycles. The topological polar surface area (TPSA) is 71.4 Å². The first-order valence-corrected chi connectivity index (χ1v) is 13.4. The molecule has 1 fully saturated rings. The van der Waals surface area contributed by atoms with Crippen LogP contribution >= 0.6 is 0 Å². The Morgan fingerprint density at radius 3 is 2.53 bits per heavy atom. The molecule has 1 aliphatic heterocycles. The van der Waals surface area contributed by atoms with E-state index in [0.717, 1.165) is 19.3 Å².